The third-order valence-corrected chi connectivity index (χ3v) is 4.30. The molecule has 0 N–H and O–H groups in total. The molecular formula is C21H20F2O4. The van der Waals surface area contributed by atoms with Crippen LogP contribution in [0.4, 0.5) is 8.78 Å². The highest BCUT2D eigenvalue weighted by Gasteiger charge is 2.42. The lowest BCUT2D eigenvalue weighted by molar-refractivity contribution is -0.167. The van der Waals surface area contributed by atoms with Crippen LogP contribution in [0.25, 0.3) is 5.57 Å². The number of carbonyl (C=O) groups is 2. The monoisotopic (exact) mass is 374 g/mol. The number of allylic oxidation sites excluding steroid dienone is 1. The lowest BCUT2D eigenvalue weighted by atomic mass is 9.84. The molecule has 0 amide bonds. The minimum Gasteiger partial charge on any atom is -0.468 e. The van der Waals surface area contributed by atoms with Gasteiger partial charge in [0.25, 0.3) is 0 Å². The summed E-state index contributed by atoms with van der Waals surface area (Å²) in [6, 6.07) is 11.5. The van der Waals surface area contributed by atoms with Gasteiger partial charge >= 0.3 is 11.9 Å². The summed E-state index contributed by atoms with van der Waals surface area (Å²) < 4.78 is 36.1. The van der Waals surface area contributed by atoms with Crippen molar-refractivity contribution < 1.29 is 27.8 Å². The molecule has 0 aliphatic carbocycles. The zero-order valence-electron chi connectivity index (χ0n) is 15.3. The second-order valence-electron chi connectivity index (χ2n) is 6.15. The molecule has 2 rings (SSSR count). The van der Waals surface area contributed by atoms with Gasteiger partial charge in [0.05, 0.1) is 14.2 Å². The lowest BCUT2D eigenvalue weighted by Gasteiger charge is -2.22. The predicted octanol–water partition coefficient (Wildman–Crippen LogP) is 4.14. The Morgan fingerprint density at radius 2 is 1.22 bits per heavy atom. The Morgan fingerprint density at radius 1 is 0.852 bits per heavy atom. The Balaban J connectivity index is 2.51. The van der Waals surface area contributed by atoms with E-state index in [2.05, 4.69) is 0 Å². The summed E-state index contributed by atoms with van der Waals surface area (Å²) in [6.45, 7) is 1.42. The zero-order chi connectivity index (χ0) is 20.0. The van der Waals surface area contributed by atoms with Gasteiger partial charge < -0.3 is 9.47 Å². The van der Waals surface area contributed by atoms with E-state index in [1.165, 1.54) is 45.4 Å². The smallest absolute Gasteiger partial charge is 0.323 e. The second kappa shape index (κ2) is 8.58. The van der Waals surface area contributed by atoms with Crippen LogP contribution in [-0.2, 0) is 19.1 Å². The standard InChI is InChI=1S/C21H20F2O4/c1-21(19(24)26-2,20(25)27-3)13-12-18(14-4-8-16(22)9-5-14)15-6-10-17(23)11-7-15/h4-12H,13H2,1-3H3. The van der Waals surface area contributed by atoms with Gasteiger partial charge in [-0.2, -0.15) is 0 Å². The minimum absolute atomic E-state index is 0.0174. The van der Waals surface area contributed by atoms with E-state index in [1.807, 2.05) is 0 Å². The number of halogens is 2. The third-order valence-electron chi connectivity index (χ3n) is 4.30. The maximum atomic E-state index is 13.3. The van der Waals surface area contributed by atoms with Crippen molar-refractivity contribution in [3.63, 3.8) is 0 Å². The number of methoxy groups -OCH3 is 2. The van der Waals surface area contributed by atoms with E-state index in [-0.39, 0.29) is 6.42 Å². The van der Waals surface area contributed by atoms with Gasteiger partial charge in [-0.1, -0.05) is 30.3 Å². The molecule has 0 spiro atoms. The van der Waals surface area contributed by atoms with Crippen LogP contribution in [0.5, 0.6) is 0 Å². The quantitative estimate of drug-likeness (QED) is 0.563. The molecule has 0 aliphatic heterocycles. The number of hydrogen-bond donors (Lipinski definition) is 0. The summed E-state index contributed by atoms with van der Waals surface area (Å²) in [5.74, 6) is -2.26. The number of ether oxygens (including phenoxy) is 2. The number of hydrogen-bond acceptors (Lipinski definition) is 4. The minimum atomic E-state index is -1.55. The van der Waals surface area contributed by atoms with E-state index in [4.69, 9.17) is 9.47 Å². The fourth-order valence-electron chi connectivity index (χ4n) is 2.67. The fraction of sp³-hybridized carbons (Fsp3) is 0.238. The molecule has 0 aromatic heterocycles. The van der Waals surface area contributed by atoms with Crippen molar-refractivity contribution >= 4 is 17.5 Å². The molecular weight excluding hydrogens is 354 g/mol. The van der Waals surface area contributed by atoms with Gasteiger partial charge in [0.15, 0.2) is 5.41 Å². The number of esters is 2. The predicted molar refractivity (Wildman–Crippen MR) is 96.6 cm³/mol. The van der Waals surface area contributed by atoms with E-state index in [0.29, 0.717) is 16.7 Å². The molecule has 0 radical (unpaired) electrons. The SMILES string of the molecule is COC(=O)C(C)(CC=C(c1ccc(F)cc1)c1ccc(F)cc1)C(=O)OC. The summed E-state index contributed by atoms with van der Waals surface area (Å²) in [6.07, 6.45) is 1.64. The van der Waals surface area contributed by atoms with E-state index in [1.54, 1.807) is 30.3 Å². The molecule has 0 atom stereocenters. The van der Waals surface area contributed by atoms with Crippen LogP contribution >= 0.6 is 0 Å². The summed E-state index contributed by atoms with van der Waals surface area (Å²) >= 11 is 0. The van der Waals surface area contributed by atoms with Gasteiger partial charge in [0, 0.05) is 0 Å². The number of carbonyl (C=O) groups excluding carboxylic acids is 2. The summed E-state index contributed by atoms with van der Waals surface area (Å²) in [5.41, 5.74) is 0.378. The first kappa shape index (κ1) is 20.3. The molecule has 27 heavy (non-hydrogen) atoms. The Hall–Kier alpha value is -3.02. The van der Waals surface area contributed by atoms with Crippen molar-refractivity contribution in [2.45, 2.75) is 13.3 Å². The van der Waals surface area contributed by atoms with E-state index < -0.39 is 29.0 Å². The molecule has 6 heteroatoms. The van der Waals surface area contributed by atoms with Crippen molar-refractivity contribution in [2.75, 3.05) is 14.2 Å². The first-order chi connectivity index (χ1) is 12.8. The molecule has 0 saturated heterocycles. The highest BCUT2D eigenvalue weighted by Crippen LogP contribution is 2.31. The Labute approximate surface area is 156 Å². The summed E-state index contributed by atoms with van der Waals surface area (Å²) in [4.78, 5) is 24.3. The maximum Gasteiger partial charge on any atom is 0.323 e. The van der Waals surface area contributed by atoms with Crippen LogP contribution < -0.4 is 0 Å². The van der Waals surface area contributed by atoms with E-state index in [9.17, 15) is 18.4 Å². The Bertz CT molecular complexity index is 776. The molecule has 0 bridgehead atoms. The van der Waals surface area contributed by atoms with Gasteiger partial charge in [0.1, 0.15) is 11.6 Å². The molecule has 0 unspecified atom stereocenters. The van der Waals surface area contributed by atoms with Gasteiger partial charge in [-0.3, -0.25) is 9.59 Å². The number of rotatable bonds is 6. The Morgan fingerprint density at radius 3 is 1.56 bits per heavy atom. The lowest BCUT2D eigenvalue weighted by Crippen LogP contribution is -2.38. The molecule has 2 aromatic carbocycles. The Kier molecular flexibility index (Phi) is 6.45. The van der Waals surface area contributed by atoms with Crippen LogP contribution in [0.2, 0.25) is 0 Å². The first-order valence-corrected chi connectivity index (χ1v) is 8.20. The first-order valence-electron chi connectivity index (χ1n) is 8.20. The third kappa shape index (κ3) is 4.58. The van der Waals surface area contributed by atoms with Crippen molar-refractivity contribution in [1.82, 2.24) is 0 Å². The molecule has 0 saturated carbocycles. The highest BCUT2D eigenvalue weighted by molar-refractivity contribution is 6.00. The fourth-order valence-corrected chi connectivity index (χ4v) is 2.67. The van der Waals surface area contributed by atoms with Crippen LogP contribution in [0, 0.1) is 17.0 Å². The van der Waals surface area contributed by atoms with E-state index >= 15 is 0 Å². The van der Waals surface area contributed by atoms with Crippen LogP contribution in [-0.4, -0.2) is 26.2 Å². The molecule has 0 aliphatic rings. The molecule has 0 heterocycles. The van der Waals surface area contributed by atoms with Crippen LogP contribution in [0.1, 0.15) is 24.5 Å². The van der Waals surface area contributed by atoms with Crippen LogP contribution in [0.15, 0.2) is 54.6 Å². The van der Waals surface area contributed by atoms with E-state index in [0.717, 1.165) is 0 Å². The largest absolute Gasteiger partial charge is 0.468 e. The average molecular weight is 374 g/mol. The van der Waals surface area contributed by atoms with Crippen molar-refractivity contribution in [2.24, 2.45) is 5.41 Å². The average Bonchev–Trinajstić information content (AvgIpc) is 2.69. The summed E-state index contributed by atoms with van der Waals surface area (Å²) in [7, 11) is 2.38. The van der Waals surface area contributed by atoms with Crippen molar-refractivity contribution in [3.8, 4) is 0 Å². The maximum absolute atomic E-state index is 13.3. The second-order valence-corrected chi connectivity index (χ2v) is 6.15. The van der Waals surface area contributed by atoms with Gasteiger partial charge in [-0.05, 0) is 54.3 Å². The summed E-state index contributed by atoms with van der Waals surface area (Å²) in [5, 5.41) is 0. The molecule has 0 fully saturated rings. The van der Waals surface area contributed by atoms with Gasteiger partial charge in [-0.15, -0.1) is 0 Å². The normalized spacial score (nSPS) is 10.9. The van der Waals surface area contributed by atoms with Crippen molar-refractivity contribution in [3.05, 3.63) is 77.4 Å². The number of benzene rings is 2. The molecule has 2 aromatic rings. The zero-order valence-corrected chi connectivity index (χ0v) is 15.3. The van der Waals surface area contributed by atoms with Gasteiger partial charge in [0.2, 0.25) is 0 Å². The van der Waals surface area contributed by atoms with Crippen LogP contribution in [0.3, 0.4) is 0 Å². The topological polar surface area (TPSA) is 52.6 Å². The highest BCUT2D eigenvalue weighted by atomic mass is 19.1. The molecule has 4 nitrogen and oxygen atoms in total. The molecule has 142 valence electrons. The van der Waals surface area contributed by atoms with Crippen molar-refractivity contribution in [1.29, 1.82) is 0 Å². The van der Waals surface area contributed by atoms with Gasteiger partial charge in [-0.25, -0.2) is 8.78 Å².